The zero-order valence-electron chi connectivity index (χ0n) is 9.29. The maximum Gasteiger partial charge on any atom is 0.138 e. The predicted molar refractivity (Wildman–Crippen MR) is 58.4 cm³/mol. The molecule has 4 heteroatoms. The molecule has 14 heavy (non-hydrogen) atoms. The van der Waals surface area contributed by atoms with E-state index >= 15 is 0 Å². The van der Waals surface area contributed by atoms with Crippen molar-refractivity contribution < 1.29 is 0 Å². The molecule has 0 aliphatic heterocycles. The van der Waals surface area contributed by atoms with Crippen molar-refractivity contribution in [2.75, 3.05) is 0 Å². The van der Waals surface area contributed by atoms with E-state index in [0.29, 0.717) is 0 Å². The van der Waals surface area contributed by atoms with Crippen molar-refractivity contribution in [2.45, 2.75) is 39.0 Å². The smallest absolute Gasteiger partial charge is 0.138 e. The highest BCUT2D eigenvalue weighted by Gasteiger charge is 2.22. The predicted octanol–water partition coefficient (Wildman–Crippen LogP) is 2.40. The van der Waals surface area contributed by atoms with Gasteiger partial charge in [0.25, 0.3) is 0 Å². The Balaban J connectivity index is 2.63. The van der Waals surface area contributed by atoms with E-state index in [1.54, 1.807) is 6.33 Å². The van der Waals surface area contributed by atoms with Crippen molar-refractivity contribution in [1.29, 1.82) is 0 Å². The van der Waals surface area contributed by atoms with E-state index < -0.39 is 0 Å². The van der Waals surface area contributed by atoms with Crippen LogP contribution in [-0.2, 0) is 13.5 Å². The van der Waals surface area contributed by atoms with E-state index in [-0.39, 0.29) is 10.8 Å². The minimum absolute atomic E-state index is 0.182. The van der Waals surface area contributed by atoms with Crippen LogP contribution in [0, 0.1) is 5.41 Å². The molecule has 0 fully saturated rings. The van der Waals surface area contributed by atoms with Crippen molar-refractivity contribution >= 4 is 11.6 Å². The van der Waals surface area contributed by atoms with Gasteiger partial charge in [-0.3, -0.25) is 4.68 Å². The first-order valence-electron chi connectivity index (χ1n) is 4.88. The van der Waals surface area contributed by atoms with Crippen LogP contribution in [-0.4, -0.2) is 20.1 Å². The quantitative estimate of drug-likeness (QED) is 0.723. The third kappa shape index (κ3) is 3.29. The zero-order chi connectivity index (χ0) is 10.8. The Labute approximate surface area is 90.5 Å². The first-order valence-corrected chi connectivity index (χ1v) is 5.31. The van der Waals surface area contributed by atoms with Crippen LogP contribution in [0.15, 0.2) is 6.33 Å². The Bertz CT molecular complexity index is 291. The number of hydrogen-bond donors (Lipinski definition) is 0. The molecule has 0 spiro atoms. The number of rotatable bonds is 4. The third-order valence-corrected chi connectivity index (χ3v) is 2.43. The lowest BCUT2D eigenvalue weighted by atomic mass is 9.84. The first-order chi connectivity index (χ1) is 6.41. The van der Waals surface area contributed by atoms with E-state index in [0.717, 1.165) is 18.7 Å². The Morgan fingerprint density at radius 2 is 2.21 bits per heavy atom. The standard InChI is InChI=1S/C10H18ClN3/c1-8(11)5-10(2,3)6-9-12-7-13-14(9)4/h7-8H,5-6H2,1-4H3. The van der Waals surface area contributed by atoms with E-state index in [1.807, 2.05) is 18.7 Å². The van der Waals surface area contributed by atoms with E-state index in [1.165, 1.54) is 0 Å². The summed E-state index contributed by atoms with van der Waals surface area (Å²) in [6.07, 6.45) is 3.50. The van der Waals surface area contributed by atoms with Gasteiger partial charge in [0, 0.05) is 18.8 Å². The highest BCUT2D eigenvalue weighted by molar-refractivity contribution is 6.20. The van der Waals surface area contributed by atoms with Crippen molar-refractivity contribution in [3.8, 4) is 0 Å². The number of nitrogens with zero attached hydrogens (tertiary/aromatic N) is 3. The molecule has 1 aromatic heterocycles. The molecule has 0 aliphatic rings. The summed E-state index contributed by atoms with van der Waals surface area (Å²) in [7, 11) is 1.92. The number of aryl methyl sites for hydroxylation is 1. The second-order valence-electron chi connectivity index (χ2n) is 4.63. The van der Waals surface area contributed by atoms with Gasteiger partial charge < -0.3 is 0 Å². The molecule has 0 N–H and O–H groups in total. The lowest BCUT2D eigenvalue weighted by Gasteiger charge is -2.25. The van der Waals surface area contributed by atoms with Gasteiger partial charge in [0.2, 0.25) is 0 Å². The van der Waals surface area contributed by atoms with Crippen LogP contribution >= 0.6 is 11.6 Å². The number of alkyl halides is 1. The Morgan fingerprint density at radius 3 is 2.64 bits per heavy atom. The SMILES string of the molecule is CC(Cl)CC(C)(C)Cc1ncnn1C. The van der Waals surface area contributed by atoms with Crippen molar-refractivity contribution in [1.82, 2.24) is 14.8 Å². The molecule has 1 rings (SSSR count). The fraction of sp³-hybridized carbons (Fsp3) is 0.800. The van der Waals surface area contributed by atoms with Gasteiger partial charge in [0.1, 0.15) is 12.2 Å². The molecule has 0 radical (unpaired) electrons. The molecule has 1 heterocycles. The summed E-state index contributed by atoms with van der Waals surface area (Å²) in [6, 6.07) is 0. The maximum atomic E-state index is 6.00. The van der Waals surface area contributed by atoms with Crippen LogP contribution in [0.25, 0.3) is 0 Å². The highest BCUT2D eigenvalue weighted by atomic mass is 35.5. The fourth-order valence-corrected chi connectivity index (χ4v) is 2.16. The Hall–Kier alpha value is -0.570. The Morgan fingerprint density at radius 1 is 1.57 bits per heavy atom. The van der Waals surface area contributed by atoms with Crippen molar-refractivity contribution in [3.05, 3.63) is 12.2 Å². The van der Waals surface area contributed by atoms with Gasteiger partial charge in [-0.2, -0.15) is 5.10 Å². The van der Waals surface area contributed by atoms with E-state index in [2.05, 4.69) is 23.9 Å². The van der Waals surface area contributed by atoms with Crippen molar-refractivity contribution in [3.63, 3.8) is 0 Å². The van der Waals surface area contributed by atoms with Crippen LogP contribution in [0.3, 0.4) is 0 Å². The first kappa shape index (κ1) is 11.5. The molecule has 1 unspecified atom stereocenters. The van der Waals surface area contributed by atoms with Crippen LogP contribution in [0.4, 0.5) is 0 Å². The van der Waals surface area contributed by atoms with Crippen LogP contribution in [0.1, 0.15) is 33.0 Å². The molecule has 0 aromatic carbocycles. The van der Waals surface area contributed by atoms with Crippen LogP contribution in [0.5, 0.6) is 0 Å². The number of aromatic nitrogens is 3. The summed E-state index contributed by atoms with van der Waals surface area (Å²) >= 11 is 6.00. The molecule has 0 saturated carbocycles. The van der Waals surface area contributed by atoms with Gasteiger partial charge in [-0.1, -0.05) is 13.8 Å². The summed E-state index contributed by atoms with van der Waals surface area (Å²) in [4.78, 5) is 4.22. The number of halogens is 1. The number of hydrogen-bond acceptors (Lipinski definition) is 2. The molecule has 0 saturated heterocycles. The molecule has 1 aromatic rings. The van der Waals surface area contributed by atoms with Gasteiger partial charge in [-0.15, -0.1) is 11.6 Å². The average molecular weight is 216 g/mol. The van der Waals surface area contributed by atoms with Gasteiger partial charge in [0.15, 0.2) is 0 Å². The molecule has 0 amide bonds. The fourth-order valence-electron chi connectivity index (χ4n) is 1.74. The molecular weight excluding hydrogens is 198 g/mol. The van der Waals surface area contributed by atoms with Crippen LogP contribution < -0.4 is 0 Å². The van der Waals surface area contributed by atoms with E-state index in [9.17, 15) is 0 Å². The van der Waals surface area contributed by atoms with Gasteiger partial charge >= 0.3 is 0 Å². The maximum absolute atomic E-state index is 6.00. The van der Waals surface area contributed by atoms with Gasteiger partial charge in [-0.25, -0.2) is 4.98 Å². The lowest BCUT2D eigenvalue weighted by Crippen LogP contribution is -2.21. The third-order valence-electron chi connectivity index (χ3n) is 2.28. The highest BCUT2D eigenvalue weighted by Crippen LogP contribution is 2.28. The molecular formula is C10H18ClN3. The Kier molecular flexibility index (Phi) is 3.53. The van der Waals surface area contributed by atoms with Crippen LogP contribution in [0.2, 0.25) is 0 Å². The second-order valence-corrected chi connectivity index (χ2v) is 5.37. The summed E-state index contributed by atoms with van der Waals surface area (Å²) < 4.78 is 1.82. The monoisotopic (exact) mass is 215 g/mol. The zero-order valence-corrected chi connectivity index (χ0v) is 10.0. The van der Waals surface area contributed by atoms with Crippen molar-refractivity contribution in [2.24, 2.45) is 12.5 Å². The normalized spacial score (nSPS) is 14.4. The average Bonchev–Trinajstić information content (AvgIpc) is 2.32. The summed E-state index contributed by atoms with van der Waals surface area (Å²) in [5, 5.41) is 4.26. The minimum atomic E-state index is 0.182. The summed E-state index contributed by atoms with van der Waals surface area (Å²) in [5.41, 5.74) is 0.182. The largest absolute Gasteiger partial charge is 0.253 e. The molecule has 80 valence electrons. The van der Waals surface area contributed by atoms with Gasteiger partial charge in [-0.05, 0) is 18.8 Å². The lowest BCUT2D eigenvalue weighted by molar-refractivity contribution is 0.320. The van der Waals surface area contributed by atoms with E-state index in [4.69, 9.17) is 11.6 Å². The molecule has 0 aliphatic carbocycles. The molecule has 1 atom stereocenters. The molecule has 3 nitrogen and oxygen atoms in total. The molecule has 0 bridgehead atoms. The summed E-state index contributed by atoms with van der Waals surface area (Å²) in [6.45, 7) is 6.45. The minimum Gasteiger partial charge on any atom is -0.253 e. The summed E-state index contributed by atoms with van der Waals surface area (Å²) in [5.74, 6) is 1.02. The second kappa shape index (κ2) is 4.30. The topological polar surface area (TPSA) is 30.7 Å². The van der Waals surface area contributed by atoms with Gasteiger partial charge in [0.05, 0.1) is 0 Å².